The quantitative estimate of drug-likeness (QED) is 0.0318. The first-order valence-electron chi connectivity index (χ1n) is 30.0. The van der Waals surface area contributed by atoms with Crippen LogP contribution in [0.25, 0.3) is 0 Å². The molecule has 0 spiro atoms. The summed E-state index contributed by atoms with van der Waals surface area (Å²) in [5, 5.41) is 11.4. The molecule has 73 heavy (non-hydrogen) atoms. The molecule has 4 rings (SSSR count). The molecule has 2 unspecified atom stereocenters. The highest BCUT2D eigenvalue weighted by Crippen LogP contribution is 2.37. The van der Waals surface area contributed by atoms with Crippen LogP contribution in [0, 0.1) is 23.7 Å². The summed E-state index contributed by atoms with van der Waals surface area (Å²) in [6.07, 6.45) is 46.7. The van der Waals surface area contributed by atoms with Gasteiger partial charge in [-0.15, -0.1) is 23.7 Å². The highest BCUT2D eigenvalue weighted by Gasteiger charge is 2.50. The first-order chi connectivity index (χ1) is 35.8. The van der Waals surface area contributed by atoms with Gasteiger partial charge in [0.05, 0.1) is 12.2 Å². The minimum Gasteiger partial charge on any atom is -0.407 e. The lowest BCUT2D eigenvalue weighted by atomic mass is 10.1. The van der Waals surface area contributed by atoms with E-state index in [2.05, 4.69) is 143 Å². The predicted molar refractivity (Wildman–Crippen MR) is 313 cm³/mol. The molecule has 2 aromatic carbocycles. The van der Waals surface area contributed by atoms with Crippen molar-refractivity contribution in [1.29, 1.82) is 0 Å². The zero-order chi connectivity index (χ0) is 52.2. The normalized spacial score (nSPS) is 17.1. The topological polar surface area (TPSA) is 66.4 Å². The van der Waals surface area contributed by atoms with E-state index in [0.29, 0.717) is 0 Å². The number of ether oxygens (including phenoxy) is 4. The van der Waals surface area contributed by atoms with Crippen LogP contribution in [0.2, 0.25) is 5.04 Å². The van der Waals surface area contributed by atoms with Crippen LogP contribution < -0.4 is 10.4 Å². The van der Waals surface area contributed by atoms with E-state index in [1.807, 2.05) is 0 Å². The van der Waals surface area contributed by atoms with Gasteiger partial charge >= 0.3 is 0 Å². The number of hydrogen-bond acceptors (Lipinski definition) is 6. The number of unbranched alkanes of at least 4 members (excludes halogenated alkanes) is 18. The number of benzene rings is 2. The molecule has 2 saturated heterocycles. The monoisotopic (exact) mass is 1020 g/mol. The summed E-state index contributed by atoms with van der Waals surface area (Å²) < 4.78 is 31.0. The third kappa shape index (κ3) is 29.8. The lowest BCUT2D eigenvalue weighted by Gasteiger charge is -2.43. The van der Waals surface area contributed by atoms with Crippen LogP contribution in [0.4, 0.5) is 0 Å². The lowest BCUT2D eigenvalue weighted by molar-refractivity contribution is -0.179. The lowest BCUT2D eigenvalue weighted by Crippen LogP contribution is -2.66. The largest absolute Gasteiger partial charge is 0.407 e. The van der Waals surface area contributed by atoms with E-state index < -0.39 is 8.32 Å². The Morgan fingerprint density at radius 3 is 1.36 bits per heavy atom. The molecule has 2 aliphatic heterocycles. The fraction of sp³-hybridized carbons (Fsp3) is 0.697. The smallest absolute Gasteiger partial charge is 0.261 e. The number of allylic oxidation sites excluding steroid dienone is 2. The Hall–Kier alpha value is -2.98. The zero-order valence-electron chi connectivity index (χ0n) is 47.3. The second-order valence-corrected chi connectivity index (χ2v) is 25.9. The van der Waals surface area contributed by atoms with Gasteiger partial charge < -0.3 is 28.5 Å². The van der Waals surface area contributed by atoms with E-state index in [0.717, 1.165) is 110 Å². The van der Waals surface area contributed by atoms with Crippen molar-refractivity contribution in [2.75, 3.05) is 26.4 Å². The highest BCUT2D eigenvalue weighted by atomic mass is 28.4. The van der Waals surface area contributed by atoms with Crippen molar-refractivity contribution in [3.05, 3.63) is 85.0 Å². The summed E-state index contributed by atoms with van der Waals surface area (Å²) in [6.45, 7) is 14.3. The molecule has 2 fully saturated rings. The van der Waals surface area contributed by atoms with Gasteiger partial charge in [-0.3, -0.25) is 0 Å². The minimum atomic E-state index is -2.42. The Balaban J connectivity index is 0.000000431. The molecule has 2 aliphatic rings. The molecule has 7 heteroatoms. The Labute approximate surface area is 450 Å². The SMILES string of the molecule is CCCC[C@H](/C=C\CCCCCCCC#CCCCCO)OC1CCCCO1.CCCC[C@H](/C=C\CCCCCCCC#CCCCCO[Si](c1ccccc1)(c1ccccc1)C(C)(C)C)OC1CCCCO1. The fourth-order valence-electron chi connectivity index (χ4n) is 9.75. The molecule has 410 valence electrons. The van der Waals surface area contributed by atoms with Crippen LogP contribution in [0.1, 0.15) is 240 Å². The van der Waals surface area contributed by atoms with Gasteiger partial charge in [0.2, 0.25) is 0 Å². The molecule has 6 nitrogen and oxygen atoms in total. The minimum absolute atomic E-state index is 0.00227. The van der Waals surface area contributed by atoms with Crippen LogP contribution in [-0.2, 0) is 23.4 Å². The Morgan fingerprint density at radius 1 is 0.548 bits per heavy atom. The van der Waals surface area contributed by atoms with Crippen molar-refractivity contribution in [3.8, 4) is 23.7 Å². The van der Waals surface area contributed by atoms with Crippen molar-refractivity contribution < 1.29 is 28.5 Å². The molecular formula is C66H106O6Si. The molecule has 0 radical (unpaired) electrons. The average Bonchev–Trinajstić information content (AvgIpc) is 3.41. The number of hydrogen-bond donors (Lipinski definition) is 1. The van der Waals surface area contributed by atoms with Crippen LogP contribution in [0.15, 0.2) is 85.0 Å². The second-order valence-electron chi connectivity index (χ2n) is 21.6. The number of aliphatic hydroxyl groups excluding tert-OH is 1. The molecule has 0 bridgehead atoms. The summed E-state index contributed by atoms with van der Waals surface area (Å²) in [6, 6.07) is 21.9. The molecular weight excluding hydrogens is 917 g/mol. The van der Waals surface area contributed by atoms with Gasteiger partial charge in [0.25, 0.3) is 8.32 Å². The van der Waals surface area contributed by atoms with E-state index in [4.69, 9.17) is 28.5 Å². The van der Waals surface area contributed by atoms with E-state index in [-0.39, 0.29) is 36.4 Å². The molecule has 4 atom stereocenters. The Kier molecular flexibility index (Phi) is 38.0. The first-order valence-corrected chi connectivity index (χ1v) is 31.9. The molecule has 0 amide bonds. The van der Waals surface area contributed by atoms with E-state index in [1.54, 1.807) is 0 Å². The maximum atomic E-state index is 8.71. The Morgan fingerprint density at radius 2 is 0.959 bits per heavy atom. The van der Waals surface area contributed by atoms with Crippen molar-refractivity contribution in [2.24, 2.45) is 0 Å². The third-order valence-corrected chi connectivity index (χ3v) is 19.1. The Bertz CT molecular complexity index is 1710. The van der Waals surface area contributed by atoms with Gasteiger partial charge in [-0.1, -0.05) is 184 Å². The first kappa shape index (κ1) is 64.3. The molecule has 2 aromatic rings. The fourth-order valence-corrected chi connectivity index (χ4v) is 14.4. The van der Waals surface area contributed by atoms with Crippen LogP contribution in [-0.4, -0.2) is 64.6 Å². The average molecular weight is 1020 g/mol. The molecule has 1 N–H and O–H groups in total. The molecule has 0 aliphatic carbocycles. The van der Waals surface area contributed by atoms with E-state index in [9.17, 15) is 0 Å². The van der Waals surface area contributed by atoms with Gasteiger partial charge in [0.15, 0.2) is 12.6 Å². The molecule has 2 heterocycles. The summed E-state index contributed by atoms with van der Waals surface area (Å²) >= 11 is 0. The maximum absolute atomic E-state index is 8.71. The van der Waals surface area contributed by atoms with E-state index >= 15 is 0 Å². The van der Waals surface area contributed by atoms with Gasteiger partial charge in [0.1, 0.15) is 0 Å². The summed E-state index contributed by atoms with van der Waals surface area (Å²) in [4.78, 5) is 0. The highest BCUT2D eigenvalue weighted by molar-refractivity contribution is 6.99. The number of rotatable bonds is 36. The van der Waals surface area contributed by atoms with Gasteiger partial charge in [0, 0.05) is 52.1 Å². The summed E-state index contributed by atoms with van der Waals surface area (Å²) in [5.74, 6) is 13.3. The van der Waals surface area contributed by atoms with Crippen molar-refractivity contribution >= 4 is 18.7 Å². The van der Waals surface area contributed by atoms with Crippen LogP contribution in [0.3, 0.4) is 0 Å². The standard InChI is InChI=1S/C41H62O3Si.C25H44O3/c1-5-6-28-37(44-40-34-25-27-35-42-40)29-20-16-14-12-10-8-7-9-11-13-15-17-26-36-43-45(41(2,3)4,38-30-21-18-22-31-38)39-32-23-19-24-33-39;1-2-3-19-24(28-25-21-16-18-23-27-25)20-15-13-11-9-7-5-4-6-8-10-12-14-17-22-26/h18-24,29-33,37,40H,5-10,12,14-17,25-28,34-36H2,1-4H3;15,20,24-26H,2-7,9,11-14,16-19,21-23H2,1H3/b29-20-;20-15-/t37-,40?;24-,25?/m11/s1. The maximum Gasteiger partial charge on any atom is 0.261 e. The van der Waals surface area contributed by atoms with E-state index in [1.165, 1.54) is 126 Å². The molecule has 0 aromatic heterocycles. The third-order valence-electron chi connectivity index (χ3n) is 14.1. The summed E-state index contributed by atoms with van der Waals surface area (Å²) in [7, 11) is -2.42. The second kappa shape index (κ2) is 43.2. The predicted octanol–water partition coefficient (Wildman–Crippen LogP) is 16.7. The summed E-state index contributed by atoms with van der Waals surface area (Å²) in [5.41, 5.74) is 0. The van der Waals surface area contributed by atoms with Crippen molar-refractivity contribution in [1.82, 2.24) is 0 Å². The number of aliphatic hydroxyl groups is 1. The van der Waals surface area contributed by atoms with Crippen LogP contribution in [0.5, 0.6) is 0 Å². The van der Waals surface area contributed by atoms with Gasteiger partial charge in [-0.2, -0.15) is 0 Å². The van der Waals surface area contributed by atoms with Gasteiger partial charge in [-0.05, 0) is 131 Å². The molecule has 0 saturated carbocycles. The van der Waals surface area contributed by atoms with Crippen LogP contribution >= 0.6 is 0 Å². The van der Waals surface area contributed by atoms with Crippen molar-refractivity contribution in [2.45, 2.75) is 270 Å². The zero-order valence-corrected chi connectivity index (χ0v) is 48.3. The van der Waals surface area contributed by atoms with Crippen molar-refractivity contribution in [3.63, 3.8) is 0 Å². The van der Waals surface area contributed by atoms with Gasteiger partial charge in [-0.25, -0.2) is 0 Å².